The molecule has 2 amide bonds. The number of piperidine rings is 1. The van der Waals surface area contributed by atoms with E-state index < -0.39 is 0 Å². The van der Waals surface area contributed by atoms with E-state index in [1.54, 1.807) is 11.8 Å². The van der Waals surface area contributed by atoms with Crippen LogP contribution in [0.5, 0.6) is 0 Å². The van der Waals surface area contributed by atoms with Crippen molar-refractivity contribution >= 4 is 23.6 Å². The van der Waals surface area contributed by atoms with Gasteiger partial charge >= 0.3 is 0 Å². The van der Waals surface area contributed by atoms with Gasteiger partial charge in [-0.2, -0.15) is 0 Å². The highest BCUT2D eigenvalue weighted by Crippen LogP contribution is 2.29. The summed E-state index contributed by atoms with van der Waals surface area (Å²) < 4.78 is 5.29. The van der Waals surface area contributed by atoms with Gasteiger partial charge in [-0.05, 0) is 38.9 Å². The van der Waals surface area contributed by atoms with Crippen LogP contribution in [-0.4, -0.2) is 78.0 Å². The van der Waals surface area contributed by atoms with Gasteiger partial charge in [-0.15, -0.1) is 11.8 Å². The highest BCUT2D eigenvalue weighted by Gasteiger charge is 2.32. The molecule has 166 valence electrons. The molecular weight excluding hydrogens is 412 g/mol. The number of carbonyl (C=O) groups excluding carboxylic acids is 2. The van der Waals surface area contributed by atoms with Crippen molar-refractivity contribution in [3.63, 3.8) is 0 Å². The summed E-state index contributed by atoms with van der Waals surface area (Å²) in [5.41, 5.74) is 1.57. The van der Waals surface area contributed by atoms with E-state index in [-0.39, 0.29) is 17.7 Å². The van der Waals surface area contributed by atoms with Gasteiger partial charge in [0.15, 0.2) is 0 Å². The second-order valence-electron chi connectivity index (χ2n) is 8.41. The molecule has 0 radical (unpaired) electrons. The number of carbonyl (C=O) groups is 2. The van der Waals surface area contributed by atoms with E-state index in [0.29, 0.717) is 24.4 Å². The van der Waals surface area contributed by atoms with Crippen molar-refractivity contribution in [3.05, 3.63) is 47.3 Å². The Morgan fingerprint density at radius 3 is 2.45 bits per heavy atom. The summed E-state index contributed by atoms with van der Waals surface area (Å²) in [7, 11) is 2.09. The van der Waals surface area contributed by atoms with Gasteiger partial charge in [0.1, 0.15) is 5.76 Å². The zero-order valence-corrected chi connectivity index (χ0v) is 19.1. The lowest BCUT2D eigenvalue weighted by Gasteiger charge is -2.37. The normalized spacial score (nSPS) is 18.4. The monoisotopic (exact) mass is 442 g/mol. The van der Waals surface area contributed by atoms with Crippen molar-refractivity contribution in [3.8, 4) is 0 Å². The topological polar surface area (TPSA) is 69.9 Å². The quantitative estimate of drug-likeness (QED) is 0.663. The first-order valence-electron chi connectivity index (χ1n) is 10.9. The fraction of sp³-hybridized carbons (Fsp3) is 0.522. The Bertz CT molecular complexity index is 915. The van der Waals surface area contributed by atoms with Crippen molar-refractivity contribution in [2.24, 2.45) is 5.92 Å². The molecule has 1 aromatic heterocycles. The molecule has 0 spiro atoms. The molecule has 2 aliphatic heterocycles. The number of likely N-dealkylation sites (N-methyl/N-ethyl adjacent to an activating group) is 1. The van der Waals surface area contributed by atoms with Crippen molar-refractivity contribution in [2.45, 2.75) is 30.4 Å². The van der Waals surface area contributed by atoms with Crippen LogP contribution in [-0.2, 0) is 10.5 Å². The van der Waals surface area contributed by atoms with Crippen LogP contribution in [0.4, 0.5) is 0 Å². The largest absolute Gasteiger partial charge is 0.360 e. The third-order valence-electron chi connectivity index (χ3n) is 6.11. The maximum absolute atomic E-state index is 13.2. The number of hydrogen-bond acceptors (Lipinski definition) is 6. The Morgan fingerprint density at radius 2 is 1.77 bits per heavy atom. The first-order valence-corrected chi connectivity index (χ1v) is 11.9. The van der Waals surface area contributed by atoms with Crippen LogP contribution in [0.1, 0.15) is 34.7 Å². The standard InChI is InChI=1S/C23H30N4O3S/c1-17-15-19(30-24-17)16-31-21-6-4-3-5-20(21)23(29)26-9-7-18(8-10-26)22(28)27-13-11-25(2)12-14-27/h3-6,15,18H,7-14,16H2,1-2H3. The summed E-state index contributed by atoms with van der Waals surface area (Å²) >= 11 is 1.58. The number of amides is 2. The second kappa shape index (κ2) is 9.87. The number of likely N-dealkylation sites (tertiary alicyclic amines) is 1. The Hall–Kier alpha value is -2.32. The Balaban J connectivity index is 1.34. The van der Waals surface area contributed by atoms with Gasteiger partial charge in [0, 0.05) is 56.1 Å². The molecule has 2 aromatic rings. The molecule has 0 bridgehead atoms. The molecule has 1 aromatic carbocycles. The van der Waals surface area contributed by atoms with E-state index in [0.717, 1.165) is 55.4 Å². The van der Waals surface area contributed by atoms with Crippen molar-refractivity contribution in [1.29, 1.82) is 0 Å². The Labute approximate surface area is 187 Å². The average molecular weight is 443 g/mol. The van der Waals surface area contributed by atoms with Gasteiger partial charge in [0.05, 0.1) is 17.0 Å². The van der Waals surface area contributed by atoms with E-state index >= 15 is 0 Å². The lowest BCUT2D eigenvalue weighted by molar-refractivity contribution is -0.138. The minimum absolute atomic E-state index is 0.0340. The summed E-state index contributed by atoms with van der Waals surface area (Å²) in [5.74, 6) is 1.77. The number of nitrogens with zero attached hydrogens (tertiary/aromatic N) is 4. The van der Waals surface area contributed by atoms with Crippen molar-refractivity contribution in [1.82, 2.24) is 19.9 Å². The zero-order valence-electron chi connectivity index (χ0n) is 18.2. The second-order valence-corrected chi connectivity index (χ2v) is 9.43. The summed E-state index contributed by atoms with van der Waals surface area (Å²) in [6, 6.07) is 9.63. The van der Waals surface area contributed by atoms with E-state index in [4.69, 9.17) is 4.52 Å². The van der Waals surface area contributed by atoms with Gasteiger partial charge in [-0.1, -0.05) is 17.3 Å². The van der Waals surface area contributed by atoms with Crippen molar-refractivity contribution < 1.29 is 14.1 Å². The molecule has 0 aliphatic carbocycles. The number of aryl methyl sites for hydroxylation is 1. The summed E-state index contributed by atoms with van der Waals surface area (Å²) in [6.07, 6.45) is 1.48. The Kier molecular flexibility index (Phi) is 6.97. The minimum Gasteiger partial charge on any atom is -0.360 e. The molecule has 2 saturated heterocycles. The summed E-state index contributed by atoms with van der Waals surface area (Å²) in [4.78, 5) is 33.2. The number of benzene rings is 1. The first-order chi connectivity index (χ1) is 15.0. The maximum atomic E-state index is 13.2. The molecular formula is C23H30N4O3S. The zero-order chi connectivity index (χ0) is 21.8. The minimum atomic E-state index is 0.0340. The maximum Gasteiger partial charge on any atom is 0.254 e. The molecule has 4 rings (SSSR count). The average Bonchev–Trinajstić information content (AvgIpc) is 3.22. The van der Waals surface area contributed by atoms with Gasteiger partial charge in [-0.3, -0.25) is 9.59 Å². The fourth-order valence-electron chi connectivity index (χ4n) is 4.19. The van der Waals surface area contributed by atoms with E-state index in [2.05, 4.69) is 17.1 Å². The van der Waals surface area contributed by atoms with Crippen LogP contribution in [0.3, 0.4) is 0 Å². The Morgan fingerprint density at radius 1 is 1.06 bits per heavy atom. The van der Waals surface area contributed by atoms with Crippen LogP contribution in [0.25, 0.3) is 0 Å². The third-order valence-corrected chi connectivity index (χ3v) is 7.21. The highest BCUT2D eigenvalue weighted by atomic mass is 32.2. The lowest BCUT2D eigenvalue weighted by atomic mass is 9.94. The van der Waals surface area contributed by atoms with E-state index in [1.165, 1.54) is 0 Å². The molecule has 0 saturated carbocycles. The highest BCUT2D eigenvalue weighted by molar-refractivity contribution is 7.98. The fourth-order valence-corrected chi connectivity index (χ4v) is 5.11. The van der Waals surface area contributed by atoms with E-state index in [1.807, 2.05) is 47.1 Å². The van der Waals surface area contributed by atoms with Crippen molar-refractivity contribution in [2.75, 3.05) is 46.3 Å². The van der Waals surface area contributed by atoms with Crippen LogP contribution in [0.2, 0.25) is 0 Å². The molecule has 31 heavy (non-hydrogen) atoms. The molecule has 2 aliphatic rings. The van der Waals surface area contributed by atoms with Gasteiger partial charge < -0.3 is 19.2 Å². The van der Waals surface area contributed by atoms with Crippen LogP contribution in [0, 0.1) is 12.8 Å². The molecule has 3 heterocycles. The first kappa shape index (κ1) is 21.9. The number of aromatic nitrogens is 1. The van der Waals surface area contributed by atoms with E-state index in [9.17, 15) is 9.59 Å². The van der Waals surface area contributed by atoms with Crippen LogP contribution >= 0.6 is 11.8 Å². The summed E-state index contributed by atoms with van der Waals surface area (Å²) in [6.45, 7) is 6.64. The molecule has 7 nitrogen and oxygen atoms in total. The smallest absolute Gasteiger partial charge is 0.254 e. The number of thioether (sulfide) groups is 1. The van der Waals surface area contributed by atoms with Crippen LogP contribution < -0.4 is 0 Å². The lowest BCUT2D eigenvalue weighted by Crippen LogP contribution is -2.51. The van der Waals surface area contributed by atoms with Gasteiger partial charge in [0.2, 0.25) is 5.91 Å². The predicted octanol–water partition coefficient (Wildman–Crippen LogP) is 2.90. The predicted molar refractivity (Wildman–Crippen MR) is 120 cm³/mol. The third kappa shape index (κ3) is 5.30. The molecule has 0 N–H and O–H groups in total. The van der Waals surface area contributed by atoms with Crippen LogP contribution in [0.15, 0.2) is 39.8 Å². The molecule has 0 atom stereocenters. The SMILES string of the molecule is Cc1cc(CSc2ccccc2C(=O)N2CCC(C(=O)N3CCN(C)CC3)CC2)on1. The molecule has 2 fully saturated rings. The summed E-state index contributed by atoms with van der Waals surface area (Å²) in [5, 5.41) is 3.92. The van der Waals surface area contributed by atoms with Gasteiger partial charge in [0.25, 0.3) is 5.91 Å². The molecule has 8 heteroatoms. The number of piperazine rings is 1. The van der Waals surface area contributed by atoms with Gasteiger partial charge in [-0.25, -0.2) is 0 Å². The number of hydrogen-bond donors (Lipinski definition) is 0. The number of rotatable bonds is 5. The molecule has 0 unspecified atom stereocenters.